The van der Waals surface area contributed by atoms with Gasteiger partial charge in [0.05, 0.1) is 0 Å². The molecule has 0 amide bonds. The lowest BCUT2D eigenvalue weighted by Crippen LogP contribution is -2.24. The Labute approximate surface area is 97.2 Å². The first kappa shape index (κ1) is 12.3. The molecule has 0 aliphatic heterocycles. The zero-order chi connectivity index (χ0) is 10.8. The van der Waals surface area contributed by atoms with E-state index in [4.69, 9.17) is 0 Å². The summed E-state index contributed by atoms with van der Waals surface area (Å²) in [7, 11) is 0. The maximum atomic E-state index is 4.07. The van der Waals surface area contributed by atoms with Crippen molar-refractivity contribution in [2.45, 2.75) is 14.4 Å². The van der Waals surface area contributed by atoms with Crippen molar-refractivity contribution in [3.8, 4) is 0 Å². The van der Waals surface area contributed by atoms with Crippen LogP contribution < -0.4 is 10.4 Å². The zero-order valence-electron chi connectivity index (χ0n) is 8.96. The quantitative estimate of drug-likeness (QED) is 0.678. The molecule has 0 aliphatic carbocycles. The molecule has 0 heterocycles. The maximum absolute atomic E-state index is 4.07. The highest BCUT2D eigenvalue weighted by atomic mass is 14.0. The SMILES string of the molecule is C.C=C/C=c1\c(=C)cc(C)c2ccccc12. The Morgan fingerprint density at radius 2 is 1.75 bits per heavy atom. The Balaban J connectivity index is 0.00000128. The number of rotatable bonds is 1. The molecule has 0 N–H and O–H groups in total. The van der Waals surface area contributed by atoms with Gasteiger partial charge in [0.15, 0.2) is 0 Å². The van der Waals surface area contributed by atoms with E-state index in [2.05, 4.69) is 50.4 Å². The van der Waals surface area contributed by atoms with Gasteiger partial charge in [-0.05, 0) is 33.7 Å². The van der Waals surface area contributed by atoms with Crippen molar-refractivity contribution < 1.29 is 0 Å². The second-order valence-corrected chi connectivity index (χ2v) is 3.71. The van der Waals surface area contributed by atoms with E-state index < -0.39 is 0 Å². The predicted octanol–water partition coefficient (Wildman–Crippen LogP) is 3.16. The van der Waals surface area contributed by atoms with Crippen LogP contribution in [0.5, 0.6) is 0 Å². The molecule has 0 nitrogen and oxygen atoms in total. The Morgan fingerprint density at radius 3 is 2.38 bits per heavy atom. The van der Waals surface area contributed by atoms with Crippen LogP contribution in [0.2, 0.25) is 0 Å². The fourth-order valence-electron chi connectivity index (χ4n) is 1.97. The number of hydrogen-bond donors (Lipinski definition) is 0. The number of allylic oxidation sites excluding steroid dienone is 1. The van der Waals surface area contributed by atoms with Gasteiger partial charge in [0.1, 0.15) is 0 Å². The van der Waals surface area contributed by atoms with Crippen molar-refractivity contribution in [2.75, 3.05) is 0 Å². The summed E-state index contributed by atoms with van der Waals surface area (Å²) in [6.45, 7) is 9.93. The minimum atomic E-state index is 0. The lowest BCUT2D eigenvalue weighted by atomic mass is 10.0. The Kier molecular flexibility index (Phi) is 3.68. The average molecular weight is 210 g/mol. The second kappa shape index (κ2) is 4.80. The van der Waals surface area contributed by atoms with Crippen molar-refractivity contribution in [3.05, 3.63) is 59.0 Å². The zero-order valence-corrected chi connectivity index (χ0v) is 8.96. The fourth-order valence-corrected chi connectivity index (χ4v) is 1.97. The van der Waals surface area contributed by atoms with Crippen LogP contribution in [0.4, 0.5) is 0 Å². The molecule has 0 aromatic heterocycles. The van der Waals surface area contributed by atoms with Gasteiger partial charge in [-0.3, -0.25) is 0 Å². The summed E-state index contributed by atoms with van der Waals surface area (Å²) in [5.41, 5.74) is 1.27. The highest BCUT2D eigenvalue weighted by Gasteiger charge is 1.97. The molecule has 0 saturated carbocycles. The van der Waals surface area contributed by atoms with Gasteiger partial charge >= 0.3 is 0 Å². The third-order valence-electron chi connectivity index (χ3n) is 2.66. The summed E-state index contributed by atoms with van der Waals surface area (Å²) in [6, 6.07) is 10.5. The predicted molar refractivity (Wildman–Crippen MR) is 74.9 cm³/mol. The van der Waals surface area contributed by atoms with Crippen LogP contribution in [0, 0.1) is 6.92 Å². The standard InChI is InChI=1S/C15H14.CH4/c1-4-7-13-11(2)10-12(3)14-8-5-6-9-15(13)14;/h4-10H,1-2H2,3H3;1H4/b13-7+;. The number of benzene rings is 2. The number of aryl methyl sites for hydroxylation is 1. The highest BCUT2D eigenvalue weighted by Crippen LogP contribution is 2.12. The first-order chi connectivity index (χ1) is 7.24. The van der Waals surface area contributed by atoms with Crippen LogP contribution >= 0.6 is 0 Å². The minimum Gasteiger partial charge on any atom is -0.0990 e. The molecule has 0 saturated heterocycles. The second-order valence-electron chi connectivity index (χ2n) is 3.71. The number of fused-ring (bicyclic) bond motifs is 1. The average Bonchev–Trinajstić information content (AvgIpc) is 2.24. The first-order valence-electron chi connectivity index (χ1n) is 5.04. The van der Waals surface area contributed by atoms with E-state index in [1.54, 1.807) is 0 Å². The summed E-state index contributed by atoms with van der Waals surface area (Å²) in [4.78, 5) is 0. The molecule has 0 spiro atoms. The third-order valence-corrected chi connectivity index (χ3v) is 2.66. The molecule has 0 bridgehead atoms. The van der Waals surface area contributed by atoms with E-state index in [1.165, 1.54) is 21.6 Å². The van der Waals surface area contributed by atoms with Crippen molar-refractivity contribution >= 4 is 23.4 Å². The van der Waals surface area contributed by atoms with Gasteiger partial charge in [0.2, 0.25) is 0 Å². The van der Waals surface area contributed by atoms with Crippen LogP contribution in [-0.4, -0.2) is 0 Å². The summed E-state index contributed by atoms with van der Waals surface area (Å²) in [5.74, 6) is 0. The van der Waals surface area contributed by atoms with Crippen LogP contribution in [0.25, 0.3) is 23.4 Å². The monoisotopic (exact) mass is 210 g/mol. The lowest BCUT2D eigenvalue weighted by Gasteiger charge is -2.03. The summed E-state index contributed by atoms with van der Waals surface area (Å²) >= 11 is 0. The van der Waals surface area contributed by atoms with E-state index in [-0.39, 0.29) is 7.43 Å². The molecule has 2 rings (SSSR count). The van der Waals surface area contributed by atoms with E-state index >= 15 is 0 Å². The van der Waals surface area contributed by atoms with Gasteiger partial charge in [-0.1, -0.05) is 63.1 Å². The van der Waals surface area contributed by atoms with E-state index in [0.29, 0.717) is 0 Å². The number of hydrogen-bond acceptors (Lipinski definition) is 0. The summed E-state index contributed by atoms with van der Waals surface area (Å²) in [5, 5.41) is 4.78. The van der Waals surface area contributed by atoms with Gasteiger partial charge < -0.3 is 0 Å². The molecule has 2 aromatic carbocycles. The van der Waals surface area contributed by atoms with Crippen molar-refractivity contribution in [1.29, 1.82) is 0 Å². The molecule has 16 heavy (non-hydrogen) atoms. The highest BCUT2D eigenvalue weighted by molar-refractivity contribution is 5.87. The lowest BCUT2D eigenvalue weighted by molar-refractivity contribution is 1.47. The Morgan fingerprint density at radius 1 is 1.12 bits per heavy atom. The maximum Gasteiger partial charge on any atom is -0.0103 e. The van der Waals surface area contributed by atoms with Crippen LogP contribution in [0.3, 0.4) is 0 Å². The Hall–Kier alpha value is -1.82. The largest absolute Gasteiger partial charge is 0.0990 e. The normalized spacial score (nSPS) is 11.2. The topological polar surface area (TPSA) is 0 Å². The van der Waals surface area contributed by atoms with Crippen LogP contribution in [-0.2, 0) is 0 Å². The van der Waals surface area contributed by atoms with Crippen molar-refractivity contribution in [1.82, 2.24) is 0 Å². The molecule has 0 unspecified atom stereocenters. The minimum absolute atomic E-state index is 0. The molecule has 82 valence electrons. The van der Waals surface area contributed by atoms with Gasteiger partial charge in [0, 0.05) is 0 Å². The van der Waals surface area contributed by atoms with E-state index in [0.717, 1.165) is 5.22 Å². The first-order valence-corrected chi connectivity index (χ1v) is 5.04. The molecule has 0 radical (unpaired) electrons. The van der Waals surface area contributed by atoms with Crippen molar-refractivity contribution in [2.24, 2.45) is 0 Å². The molecular weight excluding hydrogens is 192 g/mol. The molecule has 0 aliphatic rings. The Bertz CT molecular complexity index is 618. The van der Waals surface area contributed by atoms with E-state index in [1.807, 2.05) is 12.2 Å². The molecule has 0 heteroatoms. The summed E-state index contributed by atoms with van der Waals surface area (Å²) < 4.78 is 0. The fraction of sp³-hybridized carbons (Fsp3) is 0.125. The van der Waals surface area contributed by atoms with Gasteiger partial charge in [0.25, 0.3) is 0 Å². The summed E-state index contributed by atoms with van der Waals surface area (Å²) in [6.07, 6.45) is 3.83. The van der Waals surface area contributed by atoms with Gasteiger partial charge in [-0.25, -0.2) is 0 Å². The van der Waals surface area contributed by atoms with Gasteiger partial charge in [-0.15, -0.1) is 0 Å². The van der Waals surface area contributed by atoms with Crippen LogP contribution in [0.1, 0.15) is 13.0 Å². The molecular formula is C16H18. The van der Waals surface area contributed by atoms with Gasteiger partial charge in [-0.2, -0.15) is 0 Å². The van der Waals surface area contributed by atoms with E-state index in [9.17, 15) is 0 Å². The van der Waals surface area contributed by atoms with Crippen molar-refractivity contribution in [3.63, 3.8) is 0 Å². The molecule has 0 atom stereocenters. The third kappa shape index (κ3) is 1.92. The van der Waals surface area contributed by atoms with Crippen LogP contribution in [0.15, 0.2) is 43.0 Å². The smallest absolute Gasteiger partial charge is 0.0103 e. The molecule has 2 aromatic rings. The molecule has 0 fully saturated rings.